The van der Waals surface area contributed by atoms with Crippen LogP contribution in [-0.2, 0) is 0 Å². The predicted octanol–water partition coefficient (Wildman–Crippen LogP) is 1.93. The van der Waals surface area contributed by atoms with Gasteiger partial charge in [0, 0.05) is 22.3 Å². The Kier molecular flexibility index (Phi) is 3.02. The van der Waals surface area contributed by atoms with Gasteiger partial charge in [0.2, 0.25) is 0 Å². The summed E-state index contributed by atoms with van der Waals surface area (Å²) in [5.41, 5.74) is 1.32. The van der Waals surface area contributed by atoms with Gasteiger partial charge in [0.1, 0.15) is 0 Å². The van der Waals surface area contributed by atoms with Crippen molar-refractivity contribution in [3.63, 3.8) is 0 Å². The van der Waals surface area contributed by atoms with Gasteiger partial charge >= 0.3 is 0 Å². The van der Waals surface area contributed by atoms with E-state index in [1.54, 1.807) is 30.3 Å². The molecule has 2 rings (SSSR count). The zero-order valence-electron chi connectivity index (χ0n) is 9.27. The van der Waals surface area contributed by atoms with Crippen molar-refractivity contribution in [1.82, 2.24) is 0 Å². The molecule has 17 heavy (non-hydrogen) atoms. The number of rotatable bonds is 3. The maximum absolute atomic E-state index is 12.2. The molecular weight excluding hydrogens is 216 g/mol. The lowest BCUT2D eigenvalue weighted by Crippen LogP contribution is -2.23. The van der Waals surface area contributed by atoms with Crippen LogP contribution >= 0.6 is 0 Å². The summed E-state index contributed by atoms with van der Waals surface area (Å²) >= 11 is 0. The maximum Gasteiger partial charge on any atom is 0.192 e. The summed E-state index contributed by atoms with van der Waals surface area (Å²) in [6, 6.07) is 6.67. The highest BCUT2D eigenvalue weighted by Gasteiger charge is 2.30. The number of carbonyl (C=O) groups excluding carboxylic acids is 2. The van der Waals surface area contributed by atoms with E-state index in [-0.39, 0.29) is 17.1 Å². The second-order valence-corrected chi connectivity index (χ2v) is 3.81. The number of Topliss-reactive ketones (excluding diaryl/α,β-unsaturated/α-hetero) is 2. The molecule has 86 valence electrons. The van der Waals surface area contributed by atoms with E-state index in [0.717, 1.165) is 0 Å². The number of benzene rings is 1. The van der Waals surface area contributed by atoms with Gasteiger partial charge in [0.25, 0.3) is 0 Å². The van der Waals surface area contributed by atoms with Gasteiger partial charge in [0.05, 0.1) is 6.61 Å². The fourth-order valence-electron chi connectivity index (χ4n) is 2.01. The van der Waals surface area contributed by atoms with Crippen LogP contribution in [0.3, 0.4) is 0 Å². The fourth-order valence-corrected chi connectivity index (χ4v) is 2.01. The van der Waals surface area contributed by atoms with E-state index in [1.807, 2.05) is 0 Å². The molecule has 0 saturated carbocycles. The summed E-state index contributed by atoms with van der Waals surface area (Å²) in [6.45, 7) is 3.15. The first-order chi connectivity index (χ1) is 8.20. The van der Waals surface area contributed by atoms with E-state index >= 15 is 0 Å². The molecule has 0 amide bonds. The first kappa shape index (κ1) is 11.5. The first-order valence-corrected chi connectivity index (χ1v) is 5.33. The van der Waals surface area contributed by atoms with Gasteiger partial charge in [-0.15, -0.1) is 6.58 Å². The lowest BCUT2D eigenvalue weighted by molar-refractivity contribution is 0.0961. The van der Waals surface area contributed by atoms with E-state index in [9.17, 15) is 14.7 Å². The van der Waals surface area contributed by atoms with Crippen LogP contribution in [0.15, 0.2) is 48.1 Å². The minimum absolute atomic E-state index is 0.189. The second-order valence-electron chi connectivity index (χ2n) is 3.81. The topological polar surface area (TPSA) is 54.4 Å². The Bertz CT molecular complexity index is 538. The number of carbonyl (C=O) groups is 2. The Balaban J connectivity index is 2.64. The van der Waals surface area contributed by atoms with Crippen molar-refractivity contribution in [3.8, 4) is 0 Å². The van der Waals surface area contributed by atoms with Gasteiger partial charge in [-0.2, -0.15) is 0 Å². The van der Waals surface area contributed by atoms with Crippen molar-refractivity contribution in [2.45, 2.75) is 6.42 Å². The van der Waals surface area contributed by atoms with E-state index < -0.39 is 6.61 Å². The van der Waals surface area contributed by atoms with Gasteiger partial charge in [0.15, 0.2) is 11.6 Å². The molecule has 0 spiro atoms. The third-order valence-corrected chi connectivity index (χ3v) is 2.84. The minimum Gasteiger partial charge on any atom is -0.392 e. The summed E-state index contributed by atoms with van der Waals surface area (Å²) in [5, 5.41) is 9.24. The number of fused-ring (bicyclic) bond motifs is 1. The summed E-state index contributed by atoms with van der Waals surface area (Å²) in [4.78, 5) is 24.2. The zero-order valence-corrected chi connectivity index (χ0v) is 9.27. The van der Waals surface area contributed by atoms with Crippen LogP contribution in [0, 0.1) is 0 Å². The zero-order chi connectivity index (χ0) is 12.4. The highest BCUT2D eigenvalue weighted by Crippen LogP contribution is 2.27. The average molecular weight is 228 g/mol. The lowest BCUT2D eigenvalue weighted by Gasteiger charge is -2.18. The number of hydrogen-bond acceptors (Lipinski definition) is 3. The number of hydrogen-bond donors (Lipinski definition) is 1. The van der Waals surface area contributed by atoms with Gasteiger partial charge < -0.3 is 5.11 Å². The highest BCUT2D eigenvalue weighted by molar-refractivity contribution is 6.27. The van der Waals surface area contributed by atoms with Gasteiger partial charge in [-0.05, 0) is 6.42 Å². The molecule has 0 aliphatic heterocycles. The molecule has 3 nitrogen and oxygen atoms in total. The molecule has 0 radical (unpaired) electrons. The normalized spacial score (nSPS) is 14.9. The van der Waals surface area contributed by atoms with E-state index in [1.165, 1.54) is 0 Å². The third kappa shape index (κ3) is 1.74. The third-order valence-electron chi connectivity index (χ3n) is 2.84. The Hall–Kier alpha value is -2.00. The quantitative estimate of drug-likeness (QED) is 0.804. The molecule has 1 aromatic carbocycles. The highest BCUT2D eigenvalue weighted by atomic mass is 16.3. The summed E-state index contributed by atoms with van der Waals surface area (Å²) in [5.74, 6) is -0.455. The first-order valence-electron chi connectivity index (χ1n) is 5.33. The Morgan fingerprint density at radius 2 is 1.59 bits per heavy atom. The average Bonchev–Trinajstić information content (AvgIpc) is 2.36. The van der Waals surface area contributed by atoms with Crippen LogP contribution < -0.4 is 0 Å². The molecule has 0 aromatic heterocycles. The van der Waals surface area contributed by atoms with E-state index in [4.69, 9.17) is 0 Å². The molecule has 3 heteroatoms. The molecule has 1 aliphatic carbocycles. The fraction of sp³-hybridized carbons (Fsp3) is 0.143. The van der Waals surface area contributed by atoms with Crippen LogP contribution in [0.4, 0.5) is 0 Å². The maximum atomic E-state index is 12.2. The Morgan fingerprint density at radius 3 is 2.06 bits per heavy atom. The summed E-state index contributed by atoms with van der Waals surface area (Å²) in [7, 11) is 0. The number of allylic oxidation sites excluding steroid dienone is 2. The SMILES string of the molecule is C=CCC1=C(CO)C(=O)c2ccccc2C1=O. The molecule has 0 fully saturated rings. The molecular formula is C14H12O3. The van der Waals surface area contributed by atoms with Crippen LogP contribution in [0.1, 0.15) is 27.1 Å². The molecule has 0 saturated heterocycles. The minimum atomic E-state index is -0.415. The van der Waals surface area contributed by atoms with Crippen LogP contribution in [-0.4, -0.2) is 23.3 Å². The summed E-state index contributed by atoms with van der Waals surface area (Å²) < 4.78 is 0. The van der Waals surface area contributed by atoms with Crippen molar-refractivity contribution in [2.24, 2.45) is 0 Å². The van der Waals surface area contributed by atoms with Crippen LogP contribution in [0.25, 0.3) is 0 Å². The largest absolute Gasteiger partial charge is 0.392 e. The van der Waals surface area contributed by atoms with Crippen molar-refractivity contribution in [2.75, 3.05) is 6.61 Å². The molecule has 0 bridgehead atoms. The lowest BCUT2D eigenvalue weighted by atomic mass is 9.83. The summed E-state index contributed by atoms with van der Waals surface area (Å²) in [6.07, 6.45) is 1.86. The Labute approximate surface area is 99.1 Å². The van der Waals surface area contributed by atoms with Crippen molar-refractivity contribution < 1.29 is 14.7 Å². The van der Waals surface area contributed by atoms with Gasteiger partial charge in [-0.25, -0.2) is 0 Å². The predicted molar refractivity (Wildman–Crippen MR) is 64.0 cm³/mol. The molecule has 1 N–H and O–H groups in total. The molecule has 1 aromatic rings. The monoisotopic (exact) mass is 228 g/mol. The number of aliphatic hydroxyl groups excluding tert-OH is 1. The van der Waals surface area contributed by atoms with Crippen molar-refractivity contribution in [1.29, 1.82) is 0 Å². The Morgan fingerprint density at radius 1 is 1.06 bits per heavy atom. The van der Waals surface area contributed by atoms with Gasteiger partial charge in [-0.3, -0.25) is 9.59 Å². The van der Waals surface area contributed by atoms with Crippen LogP contribution in [0.2, 0.25) is 0 Å². The van der Waals surface area contributed by atoms with Crippen LogP contribution in [0.5, 0.6) is 0 Å². The van der Waals surface area contributed by atoms with Crippen molar-refractivity contribution >= 4 is 11.6 Å². The number of ketones is 2. The molecule has 0 heterocycles. The standard InChI is InChI=1S/C14H12O3/c1-2-5-9-12(8-15)14(17)11-7-4-3-6-10(11)13(9)16/h2-4,6-7,15H,1,5,8H2. The van der Waals surface area contributed by atoms with Gasteiger partial charge in [-0.1, -0.05) is 30.3 Å². The second kappa shape index (κ2) is 4.47. The number of aliphatic hydroxyl groups is 1. The van der Waals surface area contributed by atoms with Crippen molar-refractivity contribution in [3.05, 3.63) is 59.2 Å². The molecule has 1 aliphatic rings. The van der Waals surface area contributed by atoms with E-state index in [2.05, 4.69) is 6.58 Å². The molecule has 0 unspecified atom stereocenters. The van der Waals surface area contributed by atoms with E-state index in [0.29, 0.717) is 23.1 Å². The molecule has 0 atom stereocenters. The smallest absolute Gasteiger partial charge is 0.192 e.